The molecule has 0 aliphatic rings. The highest BCUT2D eigenvalue weighted by Gasteiger charge is 2.16. The average molecular weight is 384 g/mol. The van der Waals surface area contributed by atoms with Gasteiger partial charge in [-0.25, -0.2) is 0 Å². The van der Waals surface area contributed by atoms with Crippen LogP contribution in [-0.4, -0.2) is 41.6 Å². The predicted molar refractivity (Wildman–Crippen MR) is 105 cm³/mol. The van der Waals surface area contributed by atoms with Gasteiger partial charge in [0.05, 0.1) is 13.7 Å². The van der Waals surface area contributed by atoms with Crippen molar-refractivity contribution in [1.82, 2.24) is 5.32 Å². The van der Waals surface area contributed by atoms with Crippen LogP contribution >= 0.6 is 24.0 Å². The molecule has 5 nitrogen and oxygen atoms in total. The van der Waals surface area contributed by atoms with E-state index in [1.54, 1.807) is 31.4 Å². The number of Topliss-reactive ketones (excluding diaryl/α,β-unsaturated/α-hetero) is 1. The fraction of sp³-hybridized carbons (Fsp3) is 0.500. The van der Waals surface area contributed by atoms with E-state index in [1.807, 2.05) is 6.92 Å². The predicted octanol–water partition coefficient (Wildman–Crippen LogP) is 3.61. The Morgan fingerprint density at radius 3 is 2.48 bits per heavy atom. The number of nitrogens with one attached hydrogen (secondary N) is 1. The minimum absolute atomic E-state index is 0.0644. The molecule has 1 atom stereocenters. The van der Waals surface area contributed by atoms with Gasteiger partial charge in [0, 0.05) is 30.7 Å². The standard InChI is InChI=1S/C18H25NO4S2/c1-4-23-18(24)25-16(11-12-19-13(2)20)9-10-17(21)14-5-7-15(22-3)8-6-14/h5-8,16H,4,9-12H2,1-3H3,(H,19,20). The average Bonchev–Trinajstić information content (AvgIpc) is 2.59. The molecule has 7 heteroatoms. The zero-order valence-corrected chi connectivity index (χ0v) is 16.5. The lowest BCUT2D eigenvalue weighted by Crippen LogP contribution is -2.24. The van der Waals surface area contributed by atoms with Crippen molar-refractivity contribution in [2.75, 3.05) is 20.3 Å². The van der Waals surface area contributed by atoms with E-state index in [0.29, 0.717) is 35.9 Å². The quantitative estimate of drug-likeness (QED) is 0.492. The fourth-order valence-electron chi connectivity index (χ4n) is 2.17. The highest BCUT2D eigenvalue weighted by atomic mass is 32.2. The van der Waals surface area contributed by atoms with E-state index in [9.17, 15) is 9.59 Å². The Bertz CT molecular complexity index is 575. The number of thioether (sulfide) groups is 1. The van der Waals surface area contributed by atoms with E-state index in [4.69, 9.17) is 21.7 Å². The summed E-state index contributed by atoms with van der Waals surface area (Å²) in [6.45, 7) is 4.44. The van der Waals surface area contributed by atoms with Crippen LogP contribution in [0.1, 0.15) is 43.5 Å². The molecular formula is C18H25NO4S2. The highest BCUT2D eigenvalue weighted by molar-refractivity contribution is 8.23. The largest absolute Gasteiger partial charge is 0.497 e. The number of hydrogen-bond donors (Lipinski definition) is 1. The van der Waals surface area contributed by atoms with Crippen LogP contribution in [0.2, 0.25) is 0 Å². The molecule has 138 valence electrons. The molecule has 0 saturated carbocycles. The summed E-state index contributed by atoms with van der Waals surface area (Å²) >= 11 is 6.64. The van der Waals surface area contributed by atoms with Crippen LogP contribution in [0.25, 0.3) is 0 Å². The molecule has 0 spiro atoms. The maximum atomic E-state index is 12.4. The molecule has 0 radical (unpaired) electrons. The highest BCUT2D eigenvalue weighted by Crippen LogP contribution is 2.23. The van der Waals surface area contributed by atoms with Gasteiger partial charge in [0.2, 0.25) is 10.3 Å². The Kier molecular flexibility index (Phi) is 10.2. The summed E-state index contributed by atoms with van der Waals surface area (Å²) in [7, 11) is 1.59. The Morgan fingerprint density at radius 1 is 1.24 bits per heavy atom. The van der Waals surface area contributed by atoms with Crippen molar-refractivity contribution >= 4 is 40.1 Å². The Balaban J connectivity index is 2.57. The number of carbonyl (C=O) groups excluding carboxylic acids is 2. The molecule has 0 aliphatic carbocycles. The number of carbonyl (C=O) groups is 2. The first-order valence-corrected chi connectivity index (χ1v) is 9.50. The molecule has 1 unspecified atom stereocenters. The summed E-state index contributed by atoms with van der Waals surface area (Å²) < 4.78 is 10.9. The Morgan fingerprint density at radius 2 is 1.92 bits per heavy atom. The number of thiocarbonyl (C=S) groups is 1. The van der Waals surface area contributed by atoms with Crippen molar-refractivity contribution in [2.24, 2.45) is 0 Å². The minimum atomic E-state index is -0.0644. The van der Waals surface area contributed by atoms with E-state index >= 15 is 0 Å². The third-order valence-corrected chi connectivity index (χ3v) is 4.99. The van der Waals surface area contributed by atoms with Crippen LogP contribution in [0.4, 0.5) is 0 Å². The summed E-state index contributed by atoms with van der Waals surface area (Å²) in [4.78, 5) is 23.4. The maximum absolute atomic E-state index is 12.4. The second kappa shape index (κ2) is 11.9. The summed E-state index contributed by atoms with van der Waals surface area (Å²) in [5.41, 5.74) is 0.666. The lowest BCUT2D eigenvalue weighted by molar-refractivity contribution is -0.118. The fourth-order valence-corrected chi connectivity index (χ4v) is 3.63. The molecule has 0 aliphatic heterocycles. The van der Waals surface area contributed by atoms with Crippen LogP contribution in [0, 0.1) is 0 Å². The normalized spacial score (nSPS) is 11.5. The van der Waals surface area contributed by atoms with E-state index in [2.05, 4.69) is 5.32 Å². The molecule has 1 amide bonds. The minimum Gasteiger partial charge on any atom is -0.497 e. The Hall–Kier alpha value is -1.60. The van der Waals surface area contributed by atoms with Gasteiger partial charge >= 0.3 is 0 Å². The third kappa shape index (κ3) is 8.88. The van der Waals surface area contributed by atoms with E-state index in [0.717, 1.165) is 12.2 Å². The molecule has 1 aromatic rings. The molecule has 1 N–H and O–H groups in total. The molecule has 1 aromatic carbocycles. The first-order valence-electron chi connectivity index (χ1n) is 8.21. The molecule has 0 bridgehead atoms. The molecule has 0 saturated heterocycles. The van der Waals surface area contributed by atoms with Crippen molar-refractivity contribution in [3.05, 3.63) is 29.8 Å². The van der Waals surface area contributed by atoms with Gasteiger partial charge in [-0.3, -0.25) is 9.59 Å². The summed E-state index contributed by atoms with van der Waals surface area (Å²) in [5.74, 6) is 0.739. The van der Waals surface area contributed by atoms with Crippen molar-refractivity contribution in [1.29, 1.82) is 0 Å². The number of benzene rings is 1. The molecule has 0 heterocycles. The molecule has 0 aromatic heterocycles. The van der Waals surface area contributed by atoms with E-state index in [-0.39, 0.29) is 16.9 Å². The molecule has 25 heavy (non-hydrogen) atoms. The second-order valence-electron chi connectivity index (χ2n) is 5.38. The van der Waals surface area contributed by atoms with Crippen LogP contribution in [0.3, 0.4) is 0 Å². The van der Waals surface area contributed by atoms with Gasteiger partial charge in [-0.1, -0.05) is 11.8 Å². The number of rotatable bonds is 10. The lowest BCUT2D eigenvalue weighted by atomic mass is 10.0. The smallest absolute Gasteiger partial charge is 0.220 e. The third-order valence-electron chi connectivity index (χ3n) is 3.47. The van der Waals surface area contributed by atoms with Crippen molar-refractivity contribution in [3.63, 3.8) is 0 Å². The van der Waals surface area contributed by atoms with Gasteiger partial charge in [0.25, 0.3) is 0 Å². The van der Waals surface area contributed by atoms with Crippen LogP contribution in [0.15, 0.2) is 24.3 Å². The van der Waals surface area contributed by atoms with Gasteiger partial charge in [0.15, 0.2) is 5.78 Å². The summed E-state index contributed by atoms with van der Waals surface area (Å²) in [6, 6.07) is 7.10. The van der Waals surface area contributed by atoms with Gasteiger partial charge in [-0.05, 0) is 56.2 Å². The lowest BCUT2D eigenvalue weighted by Gasteiger charge is -2.16. The summed E-state index contributed by atoms with van der Waals surface area (Å²) in [5, 5.41) is 2.90. The number of ether oxygens (including phenoxy) is 2. The van der Waals surface area contributed by atoms with Crippen LogP contribution in [0.5, 0.6) is 5.75 Å². The maximum Gasteiger partial charge on any atom is 0.220 e. The number of hydrogen-bond acceptors (Lipinski definition) is 6. The van der Waals surface area contributed by atoms with Crippen molar-refractivity contribution < 1.29 is 19.1 Å². The van der Waals surface area contributed by atoms with E-state index < -0.39 is 0 Å². The molecule has 0 fully saturated rings. The van der Waals surface area contributed by atoms with Gasteiger partial charge in [-0.2, -0.15) is 0 Å². The second-order valence-corrected chi connectivity index (χ2v) is 7.29. The van der Waals surface area contributed by atoms with Crippen molar-refractivity contribution in [3.8, 4) is 5.75 Å². The monoisotopic (exact) mass is 383 g/mol. The number of ketones is 1. The SMILES string of the molecule is CCOC(=S)SC(CCNC(C)=O)CCC(=O)c1ccc(OC)cc1. The zero-order chi connectivity index (χ0) is 18.7. The summed E-state index contributed by atoms with van der Waals surface area (Å²) in [6.07, 6.45) is 1.81. The van der Waals surface area contributed by atoms with Gasteiger partial charge in [-0.15, -0.1) is 0 Å². The molecular weight excluding hydrogens is 358 g/mol. The van der Waals surface area contributed by atoms with Gasteiger partial charge in [0.1, 0.15) is 5.75 Å². The first kappa shape index (κ1) is 21.4. The van der Waals surface area contributed by atoms with Crippen LogP contribution in [-0.2, 0) is 9.53 Å². The Labute approximate surface area is 158 Å². The topological polar surface area (TPSA) is 64.6 Å². The van der Waals surface area contributed by atoms with Crippen molar-refractivity contribution in [2.45, 2.75) is 38.4 Å². The van der Waals surface area contributed by atoms with Gasteiger partial charge < -0.3 is 14.8 Å². The first-order chi connectivity index (χ1) is 12.0. The number of amides is 1. The number of methoxy groups -OCH3 is 1. The van der Waals surface area contributed by atoms with E-state index in [1.165, 1.54) is 18.7 Å². The molecule has 1 rings (SSSR count). The van der Waals surface area contributed by atoms with Crippen LogP contribution < -0.4 is 10.1 Å². The zero-order valence-electron chi connectivity index (χ0n) is 14.9.